The Bertz CT molecular complexity index is 221. The van der Waals surface area contributed by atoms with Gasteiger partial charge in [-0.05, 0) is 25.7 Å². The molecule has 0 aromatic heterocycles. The SMILES string of the molecule is CCOC(=O)C(C(C)C)C(O)C1CCCO1. The molecule has 0 bridgehead atoms. The third-order valence-electron chi connectivity index (χ3n) is 2.99. The Balaban J connectivity index is 2.64. The van der Waals surface area contributed by atoms with Crippen molar-refractivity contribution in [1.29, 1.82) is 0 Å². The predicted octanol–water partition coefficient (Wildman–Crippen LogP) is 1.36. The summed E-state index contributed by atoms with van der Waals surface area (Å²) in [5.74, 6) is -0.748. The van der Waals surface area contributed by atoms with Crippen molar-refractivity contribution >= 4 is 5.97 Å². The molecule has 16 heavy (non-hydrogen) atoms. The van der Waals surface area contributed by atoms with Gasteiger partial charge in [-0.3, -0.25) is 4.79 Å². The molecule has 1 aliphatic heterocycles. The van der Waals surface area contributed by atoms with Crippen LogP contribution in [0.4, 0.5) is 0 Å². The largest absolute Gasteiger partial charge is 0.466 e. The van der Waals surface area contributed by atoms with Crippen LogP contribution in [0.1, 0.15) is 33.6 Å². The van der Waals surface area contributed by atoms with E-state index < -0.39 is 12.0 Å². The minimum Gasteiger partial charge on any atom is -0.466 e. The molecule has 1 heterocycles. The number of carbonyl (C=O) groups excluding carboxylic acids is 1. The minimum absolute atomic E-state index is 0.0539. The van der Waals surface area contributed by atoms with Crippen LogP contribution in [0.5, 0.6) is 0 Å². The Hall–Kier alpha value is -0.610. The quantitative estimate of drug-likeness (QED) is 0.725. The van der Waals surface area contributed by atoms with Crippen LogP contribution in [0, 0.1) is 11.8 Å². The van der Waals surface area contributed by atoms with Crippen LogP contribution in [0.15, 0.2) is 0 Å². The lowest BCUT2D eigenvalue weighted by Crippen LogP contribution is -2.41. The first-order valence-electron chi connectivity index (χ1n) is 6.04. The van der Waals surface area contributed by atoms with Crippen LogP contribution < -0.4 is 0 Å². The van der Waals surface area contributed by atoms with Crippen molar-refractivity contribution in [2.75, 3.05) is 13.2 Å². The number of aliphatic hydroxyl groups is 1. The molecule has 94 valence electrons. The first-order chi connectivity index (χ1) is 7.57. The topological polar surface area (TPSA) is 55.8 Å². The van der Waals surface area contributed by atoms with Crippen molar-refractivity contribution in [2.24, 2.45) is 11.8 Å². The third-order valence-corrected chi connectivity index (χ3v) is 2.99. The fraction of sp³-hybridized carbons (Fsp3) is 0.917. The van der Waals surface area contributed by atoms with E-state index in [0.29, 0.717) is 13.2 Å². The molecule has 1 fully saturated rings. The number of rotatable bonds is 5. The molecule has 4 nitrogen and oxygen atoms in total. The minimum atomic E-state index is -0.749. The van der Waals surface area contributed by atoms with Crippen LogP contribution in [0.25, 0.3) is 0 Å². The Labute approximate surface area is 96.9 Å². The summed E-state index contributed by atoms with van der Waals surface area (Å²) in [4.78, 5) is 11.7. The number of aliphatic hydroxyl groups excluding tert-OH is 1. The van der Waals surface area contributed by atoms with E-state index in [-0.39, 0.29) is 18.0 Å². The summed E-state index contributed by atoms with van der Waals surface area (Å²) in [5, 5.41) is 10.2. The maximum atomic E-state index is 11.7. The molecule has 0 spiro atoms. The zero-order valence-electron chi connectivity index (χ0n) is 10.3. The fourth-order valence-electron chi connectivity index (χ4n) is 2.15. The van der Waals surface area contributed by atoms with Crippen molar-refractivity contribution in [3.8, 4) is 0 Å². The van der Waals surface area contributed by atoms with Crippen molar-refractivity contribution in [2.45, 2.75) is 45.8 Å². The van der Waals surface area contributed by atoms with E-state index in [1.807, 2.05) is 13.8 Å². The summed E-state index contributed by atoms with van der Waals surface area (Å²) in [6, 6.07) is 0. The normalized spacial score (nSPS) is 24.4. The molecule has 0 radical (unpaired) electrons. The summed E-state index contributed by atoms with van der Waals surface area (Å²) in [6.45, 7) is 6.63. The number of hydrogen-bond acceptors (Lipinski definition) is 4. The highest BCUT2D eigenvalue weighted by Crippen LogP contribution is 2.26. The Kier molecular flexibility index (Phi) is 5.22. The van der Waals surface area contributed by atoms with E-state index in [4.69, 9.17) is 9.47 Å². The van der Waals surface area contributed by atoms with Gasteiger partial charge in [-0.1, -0.05) is 13.8 Å². The van der Waals surface area contributed by atoms with Crippen molar-refractivity contribution in [3.63, 3.8) is 0 Å². The average Bonchev–Trinajstić information content (AvgIpc) is 2.70. The predicted molar refractivity (Wildman–Crippen MR) is 59.9 cm³/mol. The fourth-order valence-corrected chi connectivity index (χ4v) is 2.15. The van der Waals surface area contributed by atoms with Gasteiger partial charge in [-0.2, -0.15) is 0 Å². The van der Waals surface area contributed by atoms with E-state index >= 15 is 0 Å². The van der Waals surface area contributed by atoms with Crippen molar-refractivity contribution in [1.82, 2.24) is 0 Å². The smallest absolute Gasteiger partial charge is 0.311 e. The summed E-state index contributed by atoms with van der Waals surface area (Å²) in [5.41, 5.74) is 0. The Morgan fingerprint density at radius 2 is 2.25 bits per heavy atom. The second-order valence-electron chi connectivity index (χ2n) is 4.56. The molecule has 0 aliphatic carbocycles. The molecule has 1 N–H and O–H groups in total. The van der Waals surface area contributed by atoms with Crippen molar-refractivity contribution in [3.05, 3.63) is 0 Å². The van der Waals surface area contributed by atoms with E-state index in [1.165, 1.54) is 0 Å². The standard InChI is InChI=1S/C12H22O4/c1-4-15-12(14)10(8(2)3)11(13)9-6-5-7-16-9/h8-11,13H,4-7H2,1-3H3. The number of hydrogen-bond donors (Lipinski definition) is 1. The van der Waals surface area contributed by atoms with Crippen LogP contribution in [0.3, 0.4) is 0 Å². The summed E-state index contributed by atoms with van der Waals surface area (Å²) < 4.78 is 10.4. The van der Waals surface area contributed by atoms with Gasteiger partial charge in [-0.25, -0.2) is 0 Å². The third kappa shape index (κ3) is 3.19. The van der Waals surface area contributed by atoms with Gasteiger partial charge < -0.3 is 14.6 Å². The van der Waals surface area contributed by atoms with Gasteiger partial charge in [0.15, 0.2) is 0 Å². The zero-order chi connectivity index (χ0) is 12.1. The lowest BCUT2D eigenvalue weighted by molar-refractivity contribution is -0.158. The molecule has 0 amide bonds. The molecule has 1 saturated heterocycles. The van der Waals surface area contributed by atoms with Crippen LogP contribution >= 0.6 is 0 Å². The highest BCUT2D eigenvalue weighted by atomic mass is 16.5. The zero-order valence-corrected chi connectivity index (χ0v) is 10.3. The molecule has 0 saturated carbocycles. The second-order valence-corrected chi connectivity index (χ2v) is 4.56. The molecule has 1 aliphatic rings. The average molecular weight is 230 g/mol. The molecule has 0 aromatic rings. The summed E-state index contributed by atoms with van der Waals surface area (Å²) in [7, 11) is 0. The Morgan fingerprint density at radius 1 is 1.56 bits per heavy atom. The van der Waals surface area contributed by atoms with Gasteiger partial charge in [0.05, 0.1) is 24.7 Å². The van der Waals surface area contributed by atoms with Gasteiger partial charge in [0.2, 0.25) is 0 Å². The van der Waals surface area contributed by atoms with Gasteiger partial charge in [0, 0.05) is 6.61 Å². The molecule has 4 heteroatoms. The van der Waals surface area contributed by atoms with Gasteiger partial charge >= 0.3 is 5.97 Å². The number of ether oxygens (including phenoxy) is 2. The molecule has 3 unspecified atom stereocenters. The lowest BCUT2D eigenvalue weighted by Gasteiger charge is -2.28. The Morgan fingerprint density at radius 3 is 2.69 bits per heavy atom. The molecular formula is C12H22O4. The van der Waals surface area contributed by atoms with Gasteiger partial charge in [-0.15, -0.1) is 0 Å². The second kappa shape index (κ2) is 6.21. The van der Waals surface area contributed by atoms with E-state index in [9.17, 15) is 9.90 Å². The van der Waals surface area contributed by atoms with Crippen LogP contribution in [-0.4, -0.2) is 36.5 Å². The number of esters is 1. The van der Waals surface area contributed by atoms with Crippen molar-refractivity contribution < 1.29 is 19.4 Å². The van der Waals surface area contributed by atoms with Gasteiger partial charge in [0.25, 0.3) is 0 Å². The summed E-state index contributed by atoms with van der Waals surface area (Å²) >= 11 is 0. The van der Waals surface area contributed by atoms with Gasteiger partial charge in [0.1, 0.15) is 0 Å². The number of carbonyl (C=O) groups is 1. The highest BCUT2D eigenvalue weighted by molar-refractivity contribution is 5.73. The molecular weight excluding hydrogens is 208 g/mol. The highest BCUT2D eigenvalue weighted by Gasteiger charge is 2.37. The lowest BCUT2D eigenvalue weighted by atomic mass is 9.87. The van der Waals surface area contributed by atoms with Crippen LogP contribution in [0.2, 0.25) is 0 Å². The van der Waals surface area contributed by atoms with Crippen LogP contribution in [-0.2, 0) is 14.3 Å². The first kappa shape index (κ1) is 13.5. The molecule has 3 atom stereocenters. The molecule has 1 rings (SSSR count). The monoisotopic (exact) mass is 230 g/mol. The van der Waals surface area contributed by atoms with E-state index in [0.717, 1.165) is 12.8 Å². The van der Waals surface area contributed by atoms with E-state index in [1.54, 1.807) is 6.92 Å². The summed E-state index contributed by atoms with van der Waals surface area (Å²) in [6.07, 6.45) is 0.817. The maximum absolute atomic E-state index is 11.7. The molecule has 0 aromatic carbocycles. The van der Waals surface area contributed by atoms with E-state index in [2.05, 4.69) is 0 Å². The first-order valence-corrected chi connectivity index (χ1v) is 6.04. The maximum Gasteiger partial charge on any atom is 0.311 e.